The highest BCUT2D eigenvalue weighted by molar-refractivity contribution is 7.99. The van der Waals surface area contributed by atoms with Gasteiger partial charge in [-0.05, 0) is 24.3 Å². The quantitative estimate of drug-likeness (QED) is 0.620. The molecule has 1 aromatic carbocycles. The number of benzene rings is 1. The number of pyridine rings is 1. The fourth-order valence-electron chi connectivity index (χ4n) is 1.75. The molecule has 0 spiro atoms. The Labute approximate surface area is 118 Å². The van der Waals surface area contributed by atoms with Crippen LogP contribution in [0.1, 0.15) is 12.8 Å². The number of hydrogen-bond acceptors (Lipinski definition) is 3. The highest BCUT2D eigenvalue weighted by Gasteiger charge is 2.04. The van der Waals surface area contributed by atoms with Crippen molar-refractivity contribution in [2.75, 3.05) is 19.8 Å². The van der Waals surface area contributed by atoms with Crippen molar-refractivity contribution in [2.45, 2.75) is 17.9 Å². The first-order valence-electron chi connectivity index (χ1n) is 6.35. The fraction of sp³-hybridized carbons (Fsp3) is 0.333. The summed E-state index contributed by atoms with van der Waals surface area (Å²) >= 11 is 1.71. The molecule has 0 aliphatic carbocycles. The zero-order chi connectivity index (χ0) is 13.7. The van der Waals surface area contributed by atoms with E-state index in [1.165, 1.54) is 0 Å². The number of fused-ring (bicyclic) bond motifs is 1. The zero-order valence-corrected chi connectivity index (χ0v) is 12.1. The van der Waals surface area contributed by atoms with Crippen molar-refractivity contribution in [1.82, 2.24) is 9.88 Å². The Morgan fingerprint density at radius 3 is 2.79 bits per heavy atom. The lowest BCUT2D eigenvalue weighted by atomic mass is 10.2. The smallest absolute Gasteiger partial charge is 0.222 e. The Hall–Kier alpha value is -1.55. The molecule has 0 fully saturated rings. The molecule has 4 heteroatoms. The van der Waals surface area contributed by atoms with Gasteiger partial charge in [0.25, 0.3) is 0 Å². The molecule has 0 radical (unpaired) electrons. The van der Waals surface area contributed by atoms with Crippen LogP contribution < -0.4 is 0 Å². The first-order chi connectivity index (χ1) is 9.16. The monoisotopic (exact) mass is 274 g/mol. The number of rotatable bonds is 5. The summed E-state index contributed by atoms with van der Waals surface area (Å²) in [6.07, 6.45) is 1.49. The molecule has 3 nitrogen and oxygen atoms in total. The van der Waals surface area contributed by atoms with Gasteiger partial charge < -0.3 is 4.90 Å². The van der Waals surface area contributed by atoms with Crippen LogP contribution in [0.3, 0.4) is 0 Å². The second-order valence-electron chi connectivity index (χ2n) is 4.58. The van der Waals surface area contributed by atoms with Gasteiger partial charge in [0, 0.05) is 25.9 Å². The third kappa shape index (κ3) is 3.96. The van der Waals surface area contributed by atoms with E-state index in [9.17, 15) is 4.79 Å². The van der Waals surface area contributed by atoms with E-state index >= 15 is 0 Å². The Kier molecular flexibility index (Phi) is 4.80. The number of aromatic nitrogens is 1. The Morgan fingerprint density at radius 1 is 1.21 bits per heavy atom. The van der Waals surface area contributed by atoms with Gasteiger partial charge in [0.15, 0.2) is 0 Å². The van der Waals surface area contributed by atoms with Gasteiger partial charge in [-0.2, -0.15) is 0 Å². The number of hydrogen-bond donors (Lipinski definition) is 0. The standard InChI is InChI=1S/C15H18N2OS/c1-17(2)15(18)8-5-11-19-14-10-9-12-6-3-4-7-13(12)16-14/h3-4,6-7,9-10H,5,8,11H2,1-2H3. The van der Waals surface area contributed by atoms with E-state index in [4.69, 9.17) is 0 Å². The summed E-state index contributed by atoms with van der Waals surface area (Å²) in [5.74, 6) is 1.11. The molecule has 0 aliphatic rings. The van der Waals surface area contributed by atoms with Gasteiger partial charge in [0.05, 0.1) is 10.5 Å². The van der Waals surface area contributed by atoms with Crippen LogP contribution >= 0.6 is 11.8 Å². The molecule has 0 atom stereocenters. The molecule has 1 amide bonds. The Bertz CT molecular complexity index is 569. The van der Waals surface area contributed by atoms with Gasteiger partial charge in [0.1, 0.15) is 0 Å². The molecule has 2 aromatic rings. The van der Waals surface area contributed by atoms with E-state index in [-0.39, 0.29) is 5.91 Å². The van der Waals surface area contributed by atoms with Crippen molar-refractivity contribution in [1.29, 1.82) is 0 Å². The van der Waals surface area contributed by atoms with Crippen LogP contribution in [-0.2, 0) is 4.79 Å². The summed E-state index contributed by atoms with van der Waals surface area (Å²) < 4.78 is 0. The first-order valence-corrected chi connectivity index (χ1v) is 7.34. The van der Waals surface area contributed by atoms with Gasteiger partial charge in [-0.15, -0.1) is 11.8 Å². The second-order valence-corrected chi connectivity index (χ2v) is 5.70. The Morgan fingerprint density at radius 2 is 2.00 bits per heavy atom. The van der Waals surface area contributed by atoms with E-state index in [0.29, 0.717) is 6.42 Å². The van der Waals surface area contributed by atoms with Crippen molar-refractivity contribution in [3.63, 3.8) is 0 Å². The lowest BCUT2D eigenvalue weighted by Gasteiger charge is -2.09. The normalized spacial score (nSPS) is 10.6. The van der Waals surface area contributed by atoms with Crippen molar-refractivity contribution in [3.8, 4) is 0 Å². The summed E-state index contributed by atoms with van der Waals surface area (Å²) in [7, 11) is 3.58. The molecule has 0 N–H and O–H groups in total. The van der Waals surface area contributed by atoms with Crippen LogP contribution in [0.4, 0.5) is 0 Å². The van der Waals surface area contributed by atoms with E-state index in [2.05, 4.69) is 17.1 Å². The molecule has 1 heterocycles. The molecule has 19 heavy (non-hydrogen) atoms. The highest BCUT2D eigenvalue weighted by Crippen LogP contribution is 2.20. The summed E-state index contributed by atoms with van der Waals surface area (Å²) in [6.45, 7) is 0. The molecule has 100 valence electrons. The van der Waals surface area contributed by atoms with Crippen LogP contribution in [0.2, 0.25) is 0 Å². The average molecular weight is 274 g/mol. The number of thioether (sulfide) groups is 1. The molecule has 0 unspecified atom stereocenters. The largest absolute Gasteiger partial charge is 0.349 e. The summed E-state index contributed by atoms with van der Waals surface area (Å²) in [5.41, 5.74) is 1.02. The van der Waals surface area contributed by atoms with Gasteiger partial charge in [-0.1, -0.05) is 24.3 Å². The minimum Gasteiger partial charge on any atom is -0.349 e. The highest BCUT2D eigenvalue weighted by atomic mass is 32.2. The zero-order valence-electron chi connectivity index (χ0n) is 11.3. The van der Waals surface area contributed by atoms with Crippen molar-refractivity contribution in [2.24, 2.45) is 0 Å². The van der Waals surface area contributed by atoms with Gasteiger partial charge in [-0.3, -0.25) is 4.79 Å². The topological polar surface area (TPSA) is 33.2 Å². The summed E-state index contributed by atoms with van der Waals surface area (Å²) in [6, 6.07) is 12.2. The molecule has 0 aliphatic heterocycles. The van der Waals surface area contributed by atoms with Crippen LogP contribution in [-0.4, -0.2) is 35.6 Å². The molecule has 1 aromatic heterocycles. The lowest BCUT2D eigenvalue weighted by Crippen LogP contribution is -2.21. The van der Waals surface area contributed by atoms with Gasteiger partial charge in [0.2, 0.25) is 5.91 Å². The minimum absolute atomic E-state index is 0.187. The maximum atomic E-state index is 11.4. The molecule has 0 saturated carbocycles. The third-order valence-corrected chi connectivity index (χ3v) is 3.87. The fourth-order valence-corrected chi connectivity index (χ4v) is 2.58. The van der Waals surface area contributed by atoms with Crippen molar-refractivity contribution < 1.29 is 4.79 Å². The molecule has 0 bridgehead atoms. The number of carbonyl (C=O) groups excluding carboxylic acids is 1. The predicted molar refractivity (Wildman–Crippen MR) is 80.4 cm³/mol. The minimum atomic E-state index is 0.187. The van der Waals surface area contributed by atoms with Crippen molar-refractivity contribution >= 4 is 28.6 Å². The van der Waals surface area contributed by atoms with Crippen LogP contribution in [0.25, 0.3) is 10.9 Å². The number of nitrogens with zero attached hydrogens (tertiary/aromatic N) is 2. The second kappa shape index (κ2) is 6.57. The summed E-state index contributed by atoms with van der Waals surface area (Å²) in [4.78, 5) is 17.7. The van der Waals surface area contributed by atoms with Crippen LogP contribution in [0, 0.1) is 0 Å². The van der Waals surface area contributed by atoms with E-state index in [1.54, 1.807) is 30.8 Å². The molecule has 2 rings (SSSR count). The van der Waals surface area contributed by atoms with Gasteiger partial charge >= 0.3 is 0 Å². The first kappa shape index (κ1) is 13.9. The predicted octanol–water partition coefficient (Wildman–Crippen LogP) is 3.20. The van der Waals surface area contributed by atoms with Crippen molar-refractivity contribution in [3.05, 3.63) is 36.4 Å². The lowest BCUT2D eigenvalue weighted by molar-refractivity contribution is -0.128. The maximum Gasteiger partial charge on any atom is 0.222 e. The van der Waals surface area contributed by atoms with E-state index in [1.807, 2.05) is 24.3 Å². The molecular weight excluding hydrogens is 256 g/mol. The number of carbonyl (C=O) groups is 1. The van der Waals surface area contributed by atoms with E-state index < -0.39 is 0 Å². The average Bonchev–Trinajstić information content (AvgIpc) is 2.43. The van der Waals surface area contributed by atoms with E-state index in [0.717, 1.165) is 28.1 Å². The van der Waals surface area contributed by atoms with Crippen LogP contribution in [0.5, 0.6) is 0 Å². The third-order valence-electron chi connectivity index (χ3n) is 2.86. The Balaban J connectivity index is 1.86. The molecule has 0 saturated heterocycles. The number of para-hydroxylation sites is 1. The maximum absolute atomic E-state index is 11.4. The number of amides is 1. The SMILES string of the molecule is CN(C)C(=O)CCCSc1ccc2ccccc2n1. The van der Waals surface area contributed by atoms with Crippen LogP contribution in [0.15, 0.2) is 41.4 Å². The van der Waals surface area contributed by atoms with Gasteiger partial charge in [-0.25, -0.2) is 4.98 Å². The molecular formula is C15H18N2OS. The summed E-state index contributed by atoms with van der Waals surface area (Å²) in [5, 5.41) is 2.19.